The van der Waals surface area contributed by atoms with Gasteiger partial charge in [0.15, 0.2) is 11.5 Å². The number of aromatic nitrogens is 2. The number of rotatable bonds is 11. The summed E-state index contributed by atoms with van der Waals surface area (Å²) in [5.41, 5.74) is 4.72. The minimum Gasteiger partial charge on any atom is -0.493 e. The Labute approximate surface area is 259 Å². The van der Waals surface area contributed by atoms with Crippen molar-refractivity contribution in [3.63, 3.8) is 0 Å². The predicted octanol–water partition coefficient (Wildman–Crippen LogP) is 5.56. The molecule has 1 unspecified atom stereocenters. The summed E-state index contributed by atoms with van der Waals surface area (Å²) in [4.78, 5) is 23.3. The zero-order chi connectivity index (χ0) is 30.6. The number of hydrogen-bond donors (Lipinski definition) is 1. The van der Waals surface area contributed by atoms with E-state index in [-0.39, 0.29) is 5.91 Å². The number of likely N-dealkylation sites (N-methyl/N-ethyl adjacent to an activating group) is 1. The van der Waals surface area contributed by atoms with Crippen LogP contribution in [0.1, 0.15) is 53.7 Å². The van der Waals surface area contributed by atoms with Crippen molar-refractivity contribution >= 4 is 16.9 Å². The molecule has 2 aliphatic rings. The van der Waals surface area contributed by atoms with E-state index in [1.165, 1.54) is 12.0 Å². The Balaban J connectivity index is 1.15. The van der Waals surface area contributed by atoms with Gasteiger partial charge in [0.1, 0.15) is 5.82 Å². The van der Waals surface area contributed by atoms with E-state index in [4.69, 9.17) is 19.2 Å². The fourth-order valence-corrected chi connectivity index (χ4v) is 6.44. The summed E-state index contributed by atoms with van der Waals surface area (Å²) in [5, 5.41) is 3.16. The molecule has 1 aliphatic heterocycles. The highest BCUT2D eigenvalue weighted by molar-refractivity contribution is 5.98. The lowest BCUT2D eigenvalue weighted by Crippen LogP contribution is -2.47. The van der Waals surface area contributed by atoms with Gasteiger partial charge in [-0.3, -0.25) is 9.69 Å². The third-order valence-electron chi connectivity index (χ3n) is 9.17. The number of carbonyl (C=O) groups excluding carboxylic acids is 1. The maximum absolute atomic E-state index is 13.3. The maximum Gasteiger partial charge on any atom is 0.251 e. The van der Waals surface area contributed by atoms with E-state index in [1.807, 2.05) is 30.3 Å². The zero-order valence-electron chi connectivity index (χ0n) is 26.2. The van der Waals surface area contributed by atoms with Crippen molar-refractivity contribution < 1.29 is 19.0 Å². The normalized spacial score (nSPS) is 17.8. The van der Waals surface area contributed by atoms with E-state index in [0.29, 0.717) is 41.4 Å². The molecule has 1 saturated carbocycles. The molecule has 1 atom stereocenters. The highest BCUT2D eigenvalue weighted by Gasteiger charge is 2.28. The van der Waals surface area contributed by atoms with Crippen molar-refractivity contribution in [1.29, 1.82) is 0 Å². The van der Waals surface area contributed by atoms with Crippen LogP contribution in [0, 0.1) is 0 Å². The second kappa shape index (κ2) is 13.3. The molecular formula is C35H43N5O4. The van der Waals surface area contributed by atoms with Crippen molar-refractivity contribution in [2.75, 3.05) is 61.1 Å². The van der Waals surface area contributed by atoms with Gasteiger partial charge in [-0.05, 0) is 75.2 Å². The van der Waals surface area contributed by atoms with Crippen LogP contribution in [0.25, 0.3) is 22.4 Å². The van der Waals surface area contributed by atoms with Crippen LogP contribution < -0.4 is 19.5 Å². The predicted molar refractivity (Wildman–Crippen MR) is 173 cm³/mol. The van der Waals surface area contributed by atoms with Crippen LogP contribution in [0.15, 0.2) is 60.7 Å². The standard InChI is InChI=1S/C35H43N5O4/c1-38-18-19-39(23-30(38)24-10-6-5-7-11-24)17-9-16-36-35(41)25-14-15-28-29(20-25)40(27-12-8-13-27)34(37-28)26-21-31(42-2)33(44-4)32(22-26)43-3/h5-7,10-11,14-15,20-22,27,30H,8-9,12-13,16-19,23H2,1-4H3,(H,36,41). The first-order valence-corrected chi connectivity index (χ1v) is 15.6. The van der Waals surface area contributed by atoms with Crippen molar-refractivity contribution in [2.24, 2.45) is 0 Å². The first-order valence-electron chi connectivity index (χ1n) is 15.6. The molecule has 4 aromatic rings. The number of amides is 1. The van der Waals surface area contributed by atoms with Crippen LogP contribution in [0.2, 0.25) is 0 Å². The molecule has 3 aromatic carbocycles. The summed E-state index contributed by atoms with van der Waals surface area (Å²) in [7, 11) is 7.04. The molecule has 2 fully saturated rings. The number of hydrogen-bond acceptors (Lipinski definition) is 7. The summed E-state index contributed by atoms with van der Waals surface area (Å²) < 4.78 is 19.1. The Morgan fingerprint density at radius 2 is 1.70 bits per heavy atom. The first kappa shape index (κ1) is 30.0. The van der Waals surface area contributed by atoms with Gasteiger partial charge in [-0.2, -0.15) is 0 Å². The fourth-order valence-electron chi connectivity index (χ4n) is 6.44. The van der Waals surface area contributed by atoms with Crippen molar-refractivity contribution in [3.05, 3.63) is 71.8 Å². The summed E-state index contributed by atoms with van der Waals surface area (Å²) in [6.07, 6.45) is 4.25. The maximum atomic E-state index is 13.3. The van der Waals surface area contributed by atoms with Gasteiger partial charge < -0.3 is 29.0 Å². The third kappa shape index (κ3) is 5.99. The molecule has 1 N–H and O–H groups in total. The van der Waals surface area contributed by atoms with Gasteiger partial charge in [0.2, 0.25) is 5.75 Å². The highest BCUT2D eigenvalue weighted by Crippen LogP contribution is 2.44. The number of fused-ring (bicyclic) bond motifs is 1. The monoisotopic (exact) mass is 597 g/mol. The van der Waals surface area contributed by atoms with Gasteiger partial charge in [0.25, 0.3) is 5.91 Å². The van der Waals surface area contributed by atoms with E-state index in [2.05, 4.69) is 57.1 Å². The van der Waals surface area contributed by atoms with Gasteiger partial charge in [0, 0.05) is 49.4 Å². The van der Waals surface area contributed by atoms with E-state index >= 15 is 0 Å². The summed E-state index contributed by atoms with van der Waals surface area (Å²) in [5.74, 6) is 2.50. The fraction of sp³-hybridized carbons (Fsp3) is 0.429. The number of piperazine rings is 1. The van der Waals surface area contributed by atoms with E-state index < -0.39 is 0 Å². The average Bonchev–Trinajstić information content (AvgIpc) is 3.40. The number of methoxy groups -OCH3 is 3. The molecule has 1 saturated heterocycles. The minimum atomic E-state index is -0.0527. The Hall–Kier alpha value is -4.08. The van der Waals surface area contributed by atoms with Crippen molar-refractivity contribution in [3.8, 4) is 28.6 Å². The molecule has 0 spiro atoms. The van der Waals surface area contributed by atoms with Gasteiger partial charge >= 0.3 is 0 Å². The van der Waals surface area contributed by atoms with E-state index in [0.717, 1.165) is 67.9 Å². The second-order valence-electron chi connectivity index (χ2n) is 11.8. The quantitative estimate of drug-likeness (QED) is 0.227. The summed E-state index contributed by atoms with van der Waals surface area (Å²) >= 11 is 0. The first-order chi connectivity index (χ1) is 21.5. The molecule has 9 nitrogen and oxygen atoms in total. The molecule has 44 heavy (non-hydrogen) atoms. The minimum absolute atomic E-state index is 0.0527. The van der Waals surface area contributed by atoms with Crippen LogP contribution >= 0.6 is 0 Å². The molecule has 232 valence electrons. The van der Waals surface area contributed by atoms with Crippen LogP contribution in [0.4, 0.5) is 0 Å². The molecule has 1 aromatic heterocycles. The molecule has 1 aliphatic carbocycles. The average molecular weight is 598 g/mol. The topological polar surface area (TPSA) is 81.1 Å². The van der Waals surface area contributed by atoms with Crippen LogP contribution in [-0.2, 0) is 0 Å². The molecule has 9 heteroatoms. The number of ether oxygens (including phenoxy) is 3. The van der Waals surface area contributed by atoms with Crippen LogP contribution in [0.5, 0.6) is 17.2 Å². The lowest BCUT2D eigenvalue weighted by molar-refractivity contribution is 0.0908. The Bertz CT molecular complexity index is 1570. The highest BCUT2D eigenvalue weighted by atomic mass is 16.5. The largest absolute Gasteiger partial charge is 0.493 e. The molecular weight excluding hydrogens is 554 g/mol. The van der Waals surface area contributed by atoms with Crippen LogP contribution in [-0.4, -0.2) is 86.4 Å². The van der Waals surface area contributed by atoms with Gasteiger partial charge in [-0.15, -0.1) is 0 Å². The molecule has 0 bridgehead atoms. The van der Waals surface area contributed by atoms with Gasteiger partial charge in [-0.1, -0.05) is 30.3 Å². The van der Waals surface area contributed by atoms with E-state index in [1.54, 1.807) is 21.3 Å². The molecule has 0 radical (unpaired) electrons. The number of carbonyl (C=O) groups is 1. The summed E-state index contributed by atoms with van der Waals surface area (Å²) in [6, 6.07) is 21.1. The lowest BCUT2D eigenvalue weighted by atomic mass is 9.92. The van der Waals surface area contributed by atoms with Crippen molar-refractivity contribution in [1.82, 2.24) is 24.7 Å². The number of imidazole rings is 1. The Kier molecular flexibility index (Phi) is 9.04. The molecule has 1 amide bonds. The molecule has 6 rings (SSSR count). The van der Waals surface area contributed by atoms with E-state index in [9.17, 15) is 4.79 Å². The second-order valence-corrected chi connectivity index (χ2v) is 11.8. The molecule has 2 heterocycles. The third-order valence-corrected chi connectivity index (χ3v) is 9.17. The Morgan fingerprint density at radius 1 is 0.955 bits per heavy atom. The number of nitrogens with zero attached hydrogens (tertiary/aromatic N) is 4. The lowest BCUT2D eigenvalue weighted by Gasteiger charge is -2.39. The number of nitrogens with one attached hydrogen (secondary N) is 1. The van der Waals surface area contributed by atoms with Crippen LogP contribution in [0.3, 0.4) is 0 Å². The van der Waals surface area contributed by atoms with Gasteiger partial charge in [0.05, 0.1) is 32.4 Å². The zero-order valence-corrected chi connectivity index (χ0v) is 26.2. The van der Waals surface area contributed by atoms with Crippen molar-refractivity contribution in [2.45, 2.75) is 37.8 Å². The van der Waals surface area contributed by atoms with Gasteiger partial charge in [-0.25, -0.2) is 4.98 Å². The Morgan fingerprint density at radius 3 is 2.36 bits per heavy atom. The SMILES string of the molecule is COc1cc(-c2nc3ccc(C(=O)NCCCN4CCN(C)C(c5ccccc5)C4)cc3n2C2CCC2)cc(OC)c1OC. The summed E-state index contributed by atoms with van der Waals surface area (Å²) in [6.45, 7) is 4.69. The number of benzene rings is 3. The smallest absolute Gasteiger partial charge is 0.251 e.